The van der Waals surface area contributed by atoms with E-state index in [4.69, 9.17) is 4.98 Å². The van der Waals surface area contributed by atoms with Gasteiger partial charge in [0.2, 0.25) is 5.92 Å². The number of hydrogen-bond acceptors (Lipinski definition) is 7. The van der Waals surface area contributed by atoms with E-state index in [0.717, 1.165) is 24.8 Å². The molecule has 4 heterocycles. The molecular formula is C25H30F2N8O3. The Morgan fingerprint density at radius 1 is 1.21 bits per heavy atom. The summed E-state index contributed by atoms with van der Waals surface area (Å²) in [5, 5.41) is 17.9. The number of urea groups is 1. The molecule has 38 heavy (non-hydrogen) atoms. The quantitative estimate of drug-likeness (QED) is 0.499. The molecule has 6 rings (SSSR count). The summed E-state index contributed by atoms with van der Waals surface area (Å²) in [7, 11) is 0. The normalized spacial score (nSPS) is 22.3. The Balaban J connectivity index is 1.26. The van der Waals surface area contributed by atoms with Crippen molar-refractivity contribution in [3.8, 4) is 0 Å². The van der Waals surface area contributed by atoms with Gasteiger partial charge in [-0.3, -0.25) is 4.79 Å². The monoisotopic (exact) mass is 528 g/mol. The van der Waals surface area contributed by atoms with Crippen LogP contribution in [0.25, 0.3) is 5.65 Å². The number of halogens is 2. The van der Waals surface area contributed by atoms with E-state index < -0.39 is 17.9 Å². The van der Waals surface area contributed by atoms with Crippen LogP contribution in [0, 0.1) is 12.8 Å². The van der Waals surface area contributed by atoms with Crippen LogP contribution in [-0.2, 0) is 0 Å². The number of rotatable bonds is 6. The summed E-state index contributed by atoms with van der Waals surface area (Å²) in [6.45, 7) is 4.24. The zero-order valence-electron chi connectivity index (χ0n) is 21.3. The van der Waals surface area contributed by atoms with E-state index >= 15 is 0 Å². The fourth-order valence-electron chi connectivity index (χ4n) is 5.64. The van der Waals surface area contributed by atoms with Crippen molar-refractivity contribution in [1.29, 1.82) is 0 Å². The Morgan fingerprint density at radius 2 is 1.97 bits per heavy atom. The number of carbonyl (C=O) groups is 2. The molecule has 3 fully saturated rings. The smallest absolute Gasteiger partial charge is 0.318 e. The molecule has 13 heteroatoms. The number of fused-ring (bicyclic) bond motifs is 1. The Hall–Kier alpha value is -3.64. The summed E-state index contributed by atoms with van der Waals surface area (Å²) >= 11 is 0. The van der Waals surface area contributed by atoms with Crippen molar-refractivity contribution in [2.75, 3.05) is 6.54 Å². The van der Waals surface area contributed by atoms with Gasteiger partial charge in [0, 0.05) is 24.9 Å². The molecule has 0 bridgehead atoms. The molecule has 202 valence electrons. The third-order valence-electron chi connectivity index (χ3n) is 8.33. The number of amides is 3. The number of alkyl halides is 2. The van der Waals surface area contributed by atoms with Crippen LogP contribution >= 0.6 is 0 Å². The number of nitrogens with zero attached hydrogens (tertiary/aromatic N) is 6. The van der Waals surface area contributed by atoms with E-state index in [1.54, 1.807) is 28.7 Å². The van der Waals surface area contributed by atoms with Gasteiger partial charge in [0.1, 0.15) is 5.69 Å². The van der Waals surface area contributed by atoms with Crippen LogP contribution in [0.15, 0.2) is 23.1 Å². The van der Waals surface area contributed by atoms with E-state index in [1.807, 2.05) is 13.0 Å². The van der Waals surface area contributed by atoms with Gasteiger partial charge in [-0.05, 0) is 68.7 Å². The summed E-state index contributed by atoms with van der Waals surface area (Å²) in [4.78, 5) is 32.3. The lowest BCUT2D eigenvalue weighted by Gasteiger charge is -2.37. The first-order valence-electron chi connectivity index (χ1n) is 13.0. The van der Waals surface area contributed by atoms with Crippen molar-refractivity contribution in [1.82, 2.24) is 40.4 Å². The second-order valence-corrected chi connectivity index (χ2v) is 10.9. The molecule has 3 aliphatic rings. The summed E-state index contributed by atoms with van der Waals surface area (Å²) in [6, 6.07) is 0.970. The minimum atomic E-state index is -2.71. The summed E-state index contributed by atoms with van der Waals surface area (Å²) < 4.78 is 34.1. The van der Waals surface area contributed by atoms with E-state index in [1.165, 1.54) is 0 Å². The van der Waals surface area contributed by atoms with Crippen molar-refractivity contribution in [3.05, 3.63) is 41.1 Å². The highest BCUT2D eigenvalue weighted by Crippen LogP contribution is 2.43. The maximum absolute atomic E-state index is 13.9. The van der Waals surface area contributed by atoms with E-state index in [-0.39, 0.29) is 54.9 Å². The number of aryl methyl sites for hydroxylation is 1. The topological polar surface area (TPSA) is 131 Å². The zero-order valence-corrected chi connectivity index (χ0v) is 21.3. The maximum Gasteiger partial charge on any atom is 0.318 e. The second kappa shape index (κ2) is 8.98. The van der Waals surface area contributed by atoms with Gasteiger partial charge in [-0.1, -0.05) is 5.16 Å². The predicted molar refractivity (Wildman–Crippen MR) is 129 cm³/mol. The molecule has 2 saturated carbocycles. The minimum Gasteiger partial charge on any atom is -0.342 e. The fourth-order valence-corrected chi connectivity index (χ4v) is 5.64. The molecule has 1 spiro atoms. The van der Waals surface area contributed by atoms with Crippen LogP contribution in [-0.4, -0.2) is 59.8 Å². The number of carbonyl (C=O) groups excluding carboxylic acids is 2. The molecule has 1 saturated heterocycles. The molecule has 0 radical (unpaired) electrons. The lowest BCUT2D eigenvalue weighted by atomic mass is 9.81. The fraction of sp³-hybridized carbons (Fsp3) is 0.600. The maximum atomic E-state index is 13.9. The van der Waals surface area contributed by atoms with Crippen LogP contribution in [0.5, 0.6) is 0 Å². The molecule has 1 aliphatic heterocycles. The van der Waals surface area contributed by atoms with Crippen LogP contribution in [0.2, 0.25) is 0 Å². The SMILES string of the molecule is Cc1nonc1C(=O)N[C@H](c1cn2ncc([C@@H](C)N3CCC4(CC4)NC3=O)cc2n1)C1CCC(F)(F)CC1. The lowest BCUT2D eigenvalue weighted by molar-refractivity contribution is -0.0495. The van der Waals surface area contributed by atoms with Crippen LogP contribution in [0.4, 0.5) is 13.6 Å². The molecule has 2 atom stereocenters. The first-order chi connectivity index (χ1) is 18.1. The Labute approximate surface area is 217 Å². The molecular weight excluding hydrogens is 498 g/mol. The Bertz CT molecular complexity index is 1370. The molecule has 2 aliphatic carbocycles. The van der Waals surface area contributed by atoms with Crippen molar-refractivity contribution < 1.29 is 23.0 Å². The second-order valence-electron chi connectivity index (χ2n) is 10.9. The predicted octanol–water partition coefficient (Wildman–Crippen LogP) is 3.73. The molecule has 0 aromatic carbocycles. The van der Waals surface area contributed by atoms with E-state index in [0.29, 0.717) is 23.6 Å². The summed E-state index contributed by atoms with van der Waals surface area (Å²) in [5.41, 5.74) is 2.27. The van der Waals surface area contributed by atoms with Crippen LogP contribution < -0.4 is 10.6 Å². The van der Waals surface area contributed by atoms with E-state index in [9.17, 15) is 18.4 Å². The van der Waals surface area contributed by atoms with Crippen LogP contribution in [0.3, 0.4) is 0 Å². The van der Waals surface area contributed by atoms with Gasteiger partial charge in [-0.15, -0.1) is 0 Å². The number of aromatic nitrogens is 5. The molecule has 3 amide bonds. The van der Waals surface area contributed by atoms with Crippen molar-refractivity contribution in [3.63, 3.8) is 0 Å². The average Bonchev–Trinajstić information content (AvgIpc) is 3.27. The third-order valence-corrected chi connectivity index (χ3v) is 8.33. The zero-order chi connectivity index (χ0) is 26.7. The van der Waals surface area contributed by atoms with E-state index in [2.05, 4.69) is 30.7 Å². The third kappa shape index (κ3) is 4.58. The largest absolute Gasteiger partial charge is 0.342 e. The number of imidazole rings is 1. The van der Waals surface area contributed by atoms with Gasteiger partial charge in [-0.2, -0.15) is 5.10 Å². The Kier molecular flexibility index (Phi) is 5.84. The van der Waals surface area contributed by atoms with Gasteiger partial charge in [0.05, 0.1) is 30.2 Å². The molecule has 11 nitrogen and oxygen atoms in total. The highest BCUT2D eigenvalue weighted by atomic mass is 19.3. The average molecular weight is 529 g/mol. The molecule has 3 aromatic heterocycles. The first kappa shape index (κ1) is 24.7. The van der Waals surface area contributed by atoms with Crippen molar-refractivity contribution in [2.45, 2.75) is 82.3 Å². The molecule has 3 aromatic rings. The summed E-state index contributed by atoms with van der Waals surface area (Å²) in [5.74, 6) is -3.45. The number of nitrogens with one attached hydrogen (secondary N) is 2. The Morgan fingerprint density at radius 3 is 2.63 bits per heavy atom. The standard InChI is InChI=1S/C25H30F2N8O3/c1-14-20(33-38-32-14)22(36)30-21(16-3-5-25(26,27)6-4-16)18-13-35-19(29-18)11-17(12-28-35)15(2)34-10-9-24(7-8-24)31-23(34)37/h11-13,15-16,21H,3-10H2,1-2H3,(H,30,36)(H,31,37)/t15-,21+/m1/s1. The van der Waals surface area contributed by atoms with Gasteiger partial charge in [0.15, 0.2) is 11.3 Å². The minimum absolute atomic E-state index is 0.00337. The lowest BCUT2D eigenvalue weighted by Crippen LogP contribution is -2.53. The van der Waals surface area contributed by atoms with Gasteiger partial charge >= 0.3 is 6.03 Å². The van der Waals surface area contributed by atoms with Gasteiger partial charge in [0.25, 0.3) is 5.91 Å². The van der Waals surface area contributed by atoms with Crippen molar-refractivity contribution in [2.24, 2.45) is 5.92 Å². The molecule has 2 N–H and O–H groups in total. The molecule has 0 unspecified atom stereocenters. The van der Waals surface area contributed by atoms with Gasteiger partial charge in [-0.25, -0.2) is 27.7 Å². The number of hydrogen-bond donors (Lipinski definition) is 2. The van der Waals surface area contributed by atoms with Crippen LogP contribution in [0.1, 0.15) is 91.4 Å². The van der Waals surface area contributed by atoms with Gasteiger partial charge < -0.3 is 15.5 Å². The van der Waals surface area contributed by atoms with Crippen molar-refractivity contribution >= 4 is 17.6 Å². The highest BCUT2D eigenvalue weighted by Gasteiger charge is 2.48. The first-order valence-corrected chi connectivity index (χ1v) is 13.0. The highest BCUT2D eigenvalue weighted by molar-refractivity contribution is 5.93. The summed E-state index contributed by atoms with van der Waals surface area (Å²) in [6.07, 6.45) is 6.39.